The molecule has 0 aromatic carbocycles. The van der Waals surface area contributed by atoms with Crippen molar-refractivity contribution in [2.75, 3.05) is 18.6 Å². The zero-order chi connectivity index (χ0) is 16.9. The monoisotopic (exact) mass is 327 g/mol. The van der Waals surface area contributed by atoms with Crippen molar-refractivity contribution in [2.45, 2.75) is 53.2 Å². The van der Waals surface area contributed by atoms with E-state index in [-0.39, 0.29) is 12.5 Å². The van der Waals surface area contributed by atoms with Gasteiger partial charge in [0.2, 0.25) is 5.91 Å². The number of aromatic nitrogens is 2. The second kappa shape index (κ2) is 8.02. The Labute approximate surface area is 137 Å². The van der Waals surface area contributed by atoms with Gasteiger partial charge in [0.1, 0.15) is 0 Å². The van der Waals surface area contributed by atoms with Gasteiger partial charge in [0.15, 0.2) is 0 Å². The van der Waals surface area contributed by atoms with Gasteiger partial charge in [0, 0.05) is 30.1 Å². The van der Waals surface area contributed by atoms with Crippen LogP contribution in [0.25, 0.3) is 0 Å². The second-order valence-corrected chi connectivity index (χ2v) is 7.47. The number of thioether (sulfide) groups is 1. The zero-order valence-electron chi connectivity index (χ0n) is 14.6. The maximum absolute atomic E-state index is 12.1. The van der Waals surface area contributed by atoms with E-state index in [1.165, 1.54) is 0 Å². The third-order valence-corrected chi connectivity index (χ3v) is 4.44. The highest BCUT2D eigenvalue weighted by atomic mass is 32.2. The topological polar surface area (TPSA) is 67.2 Å². The predicted octanol–water partition coefficient (Wildman–Crippen LogP) is 1.93. The summed E-state index contributed by atoms with van der Waals surface area (Å²) in [5, 5.41) is 17.4. The summed E-state index contributed by atoms with van der Waals surface area (Å²) < 4.78 is 1.98. The molecule has 22 heavy (non-hydrogen) atoms. The molecule has 1 aromatic rings. The number of aryl methyl sites for hydroxylation is 1. The number of aliphatic hydroxyl groups is 1. The summed E-state index contributed by atoms with van der Waals surface area (Å²) in [7, 11) is 0. The van der Waals surface area contributed by atoms with E-state index in [4.69, 9.17) is 0 Å². The molecule has 1 aromatic heterocycles. The minimum Gasteiger partial charge on any atom is -0.387 e. The molecule has 0 aliphatic carbocycles. The molecule has 2 N–H and O–H groups in total. The van der Waals surface area contributed by atoms with Crippen LogP contribution in [0.3, 0.4) is 0 Å². The van der Waals surface area contributed by atoms with Gasteiger partial charge in [-0.25, -0.2) is 0 Å². The van der Waals surface area contributed by atoms with Crippen LogP contribution >= 0.6 is 11.8 Å². The molecule has 0 spiro atoms. The van der Waals surface area contributed by atoms with Crippen LogP contribution in [-0.4, -0.2) is 44.9 Å². The van der Waals surface area contributed by atoms with E-state index in [1.807, 2.05) is 24.8 Å². The molecule has 6 heteroatoms. The highest BCUT2D eigenvalue weighted by molar-refractivity contribution is 7.98. The number of hydrogen-bond acceptors (Lipinski definition) is 4. The molecule has 0 aliphatic heterocycles. The number of nitrogens with zero attached hydrogens (tertiary/aromatic N) is 2. The van der Waals surface area contributed by atoms with Crippen LogP contribution in [0.2, 0.25) is 0 Å². The van der Waals surface area contributed by atoms with Crippen molar-refractivity contribution < 1.29 is 9.90 Å². The number of carbonyl (C=O) groups excluding carboxylic acids is 1. The molecule has 0 aliphatic rings. The van der Waals surface area contributed by atoms with Gasteiger partial charge in [-0.2, -0.15) is 16.9 Å². The summed E-state index contributed by atoms with van der Waals surface area (Å²) in [5.41, 5.74) is 2.07. The first kappa shape index (κ1) is 19.0. The lowest BCUT2D eigenvalue weighted by Crippen LogP contribution is -2.43. The normalized spacial score (nSPS) is 14.2. The molecule has 1 atom stereocenters. The number of rotatable bonds is 8. The maximum Gasteiger partial charge on any atom is 0.224 e. The number of carbonyl (C=O) groups is 1. The Kier molecular flexibility index (Phi) is 6.94. The fraction of sp³-hybridized carbons (Fsp3) is 0.750. The molecule has 0 bridgehead atoms. The number of hydrogen-bond donors (Lipinski definition) is 2. The van der Waals surface area contributed by atoms with E-state index < -0.39 is 5.60 Å². The molecule has 1 heterocycles. The lowest BCUT2D eigenvalue weighted by molar-refractivity contribution is -0.121. The fourth-order valence-corrected chi connectivity index (χ4v) is 3.11. The van der Waals surface area contributed by atoms with Crippen LogP contribution in [0.15, 0.2) is 0 Å². The van der Waals surface area contributed by atoms with Crippen molar-refractivity contribution in [2.24, 2.45) is 5.92 Å². The zero-order valence-corrected chi connectivity index (χ0v) is 15.4. The van der Waals surface area contributed by atoms with Crippen LogP contribution in [0.4, 0.5) is 0 Å². The molecule has 0 saturated heterocycles. The first-order valence-corrected chi connectivity index (χ1v) is 9.06. The lowest BCUT2D eigenvalue weighted by atomic mass is 10.1. The molecule has 0 saturated carbocycles. The van der Waals surface area contributed by atoms with Gasteiger partial charge in [-0.3, -0.25) is 9.48 Å². The summed E-state index contributed by atoms with van der Waals surface area (Å²) >= 11 is 1.56. The third-order valence-electron chi connectivity index (χ3n) is 3.53. The van der Waals surface area contributed by atoms with E-state index in [1.54, 1.807) is 18.7 Å². The van der Waals surface area contributed by atoms with Gasteiger partial charge < -0.3 is 10.4 Å². The predicted molar refractivity (Wildman–Crippen MR) is 92.3 cm³/mol. The second-order valence-electron chi connectivity index (χ2n) is 6.61. The van der Waals surface area contributed by atoms with Crippen LogP contribution in [0.5, 0.6) is 0 Å². The molecule has 1 amide bonds. The van der Waals surface area contributed by atoms with E-state index in [9.17, 15) is 9.90 Å². The molecule has 5 nitrogen and oxygen atoms in total. The first-order chi connectivity index (χ1) is 10.2. The Hall–Kier alpha value is -1.01. The average molecular weight is 327 g/mol. The SMILES string of the molecule is CSCC(C)(O)CNC(=O)Cc1c(C)nn(CC(C)C)c1C. The average Bonchev–Trinajstić information content (AvgIpc) is 2.63. The highest BCUT2D eigenvalue weighted by Gasteiger charge is 2.21. The Morgan fingerprint density at radius 2 is 2.09 bits per heavy atom. The quantitative estimate of drug-likeness (QED) is 0.765. The van der Waals surface area contributed by atoms with Crippen LogP contribution in [-0.2, 0) is 17.8 Å². The molecule has 1 unspecified atom stereocenters. The van der Waals surface area contributed by atoms with Gasteiger partial charge in [0.05, 0.1) is 17.7 Å². The van der Waals surface area contributed by atoms with Gasteiger partial charge in [0.25, 0.3) is 0 Å². The van der Waals surface area contributed by atoms with E-state index >= 15 is 0 Å². The molecule has 0 fully saturated rings. The summed E-state index contributed by atoms with van der Waals surface area (Å²) in [6, 6.07) is 0. The van der Waals surface area contributed by atoms with Crippen molar-refractivity contribution in [3.8, 4) is 0 Å². The number of amides is 1. The van der Waals surface area contributed by atoms with Crippen LogP contribution in [0, 0.1) is 19.8 Å². The van der Waals surface area contributed by atoms with Gasteiger partial charge in [-0.1, -0.05) is 13.8 Å². The van der Waals surface area contributed by atoms with Crippen LogP contribution < -0.4 is 5.32 Å². The van der Waals surface area contributed by atoms with Gasteiger partial charge in [-0.05, 0) is 32.9 Å². The van der Waals surface area contributed by atoms with Crippen molar-refractivity contribution in [3.63, 3.8) is 0 Å². The lowest BCUT2D eigenvalue weighted by Gasteiger charge is -2.22. The first-order valence-electron chi connectivity index (χ1n) is 7.67. The van der Waals surface area contributed by atoms with Crippen molar-refractivity contribution >= 4 is 17.7 Å². The third kappa shape index (κ3) is 5.65. The van der Waals surface area contributed by atoms with Crippen molar-refractivity contribution in [1.82, 2.24) is 15.1 Å². The summed E-state index contributed by atoms with van der Waals surface area (Å²) in [6.45, 7) is 11.1. The van der Waals surface area contributed by atoms with Gasteiger partial charge in [-0.15, -0.1) is 0 Å². The molecular formula is C16H29N3O2S. The van der Waals surface area contributed by atoms with Crippen LogP contribution in [0.1, 0.15) is 37.7 Å². The maximum atomic E-state index is 12.1. The summed E-state index contributed by atoms with van der Waals surface area (Å²) in [4.78, 5) is 12.1. The molecule has 1 rings (SSSR count). The van der Waals surface area contributed by atoms with E-state index in [2.05, 4.69) is 24.3 Å². The van der Waals surface area contributed by atoms with E-state index in [0.29, 0.717) is 18.1 Å². The highest BCUT2D eigenvalue weighted by Crippen LogP contribution is 2.15. The Morgan fingerprint density at radius 1 is 1.45 bits per heavy atom. The fourth-order valence-electron chi connectivity index (χ4n) is 2.39. The minimum atomic E-state index is -0.874. The smallest absolute Gasteiger partial charge is 0.224 e. The van der Waals surface area contributed by atoms with Gasteiger partial charge >= 0.3 is 0 Å². The largest absolute Gasteiger partial charge is 0.387 e. The Balaban J connectivity index is 2.67. The molecule has 126 valence electrons. The standard InChI is InChI=1S/C16H29N3O2S/c1-11(2)8-19-13(4)14(12(3)18-19)7-15(20)17-9-16(5,21)10-22-6/h11,21H,7-10H2,1-6H3,(H,17,20). The van der Waals surface area contributed by atoms with Crippen molar-refractivity contribution in [1.29, 1.82) is 0 Å². The summed E-state index contributed by atoms with van der Waals surface area (Å²) in [5.74, 6) is 1.04. The Bertz CT molecular complexity index is 510. The molecular weight excluding hydrogens is 298 g/mol. The molecule has 0 radical (unpaired) electrons. The minimum absolute atomic E-state index is 0.0725. The number of nitrogens with one attached hydrogen (secondary N) is 1. The summed E-state index contributed by atoms with van der Waals surface area (Å²) in [6.07, 6.45) is 2.25. The van der Waals surface area contributed by atoms with E-state index in [0.717, 1.165) is 23.5 Å². The van der Waals surface area contributed by atoms with Crippen molar-refractivity contribution in [3.05, 3.63) is 17.0 Å². The Morgan fingerprint density at radius 3 is 2.64 bits per heavy atom.